The summed E-state index contributed by atoms with van der Waals surface area (Å²) in [6, 6.07) is 0. The van der Waals surface area contributed by atoms with Gasteiger partial charge in [-0.15, -0.1) is 0 Å². The van der Waals surface area contributed by atoms with Gasteiger partial charge in [-0.1, -0.05) is 0 Å². The molecule has 1 aliphatic rings. The molecule has 0 aromatic carbocycles. The molecule has 3 heteroatoms. The molecule has 1 rings (SSSR count). The zero-order valence-electron chi connectivity index (χ0n) is 9.72. The topological polar surface area (TPSA) is 34.1 Å². The van der Waals surface area contributed by atoms with Gasteiger partial charge in [0.05, 0.1) is 0 Å². The molecule has 2 nitrogen and oxygen atoms in total. The van der Waals surface area contributed by atoms with Gasteiger partial charge in [0.2, 0.25) is 0 Å². The first-order valence-electron chi connectivity index (χ1n) is 4.36. The Bertz CT molecular complexity index is 260. The molecule has 0 fully saturated rings. The molecule has 4 radical (unpaired) electrons. The van der Waals surface area contributed by atoms with Gasteiger partial charge in [-0.25, -0.2) is 0 Å². The smallest absolute Gasteiger partial charge is 0.281 e. The van der Waals surface area contributed by atoms with Gasteiger partial charge < -0.3 is 0 Å². The second-order valence-corrected chi connectivity index (χ2v) is 4.47. The fraction of sp³-hybridized carbons (Fsp3) is 0.500. The van der Waals surface area contributed by atoms with Crippen LogP contribution in [0.15, 0.2) is 21.2 Å². The van der Waals surface area contributed by atoms with E-state index in [4.69, 9.17) is 9.59 Å². The largest absolute Gasteiger partial charge is 0.281 e. The summed E-state index contributed by atoms with van der Waals surface area (Å²) in [4.78, 5) is 15.0. The van der Waals surface area contributed by atoms with Crippen LogP contribution in [0.4, 0.5) is 0 Å². The average Bonchev–Trinajstić information content (AvgIpc) is 2.40. The predicted molar refractivity (Wildman–Crippen MR) is 56.2 cm³/mol. The number of hydrogen-bond donors (Lipinski definition) is 0. The Balaban J connectivity index is 0. The zero-order valence-corrected chi connectivity index (χ0v) is 11.0. The molecule has 0 amide bonds. The third-order valence-electron chi connectivity index (χ3n) is 2.97. The van der Waals surface area contributed by atoms with E-state index in [0.717, 1.165) is 0 Å². The maximum Gasteiger partial charge on any atom is 0.281 e. The summed E-state index contributed by atoms with van der Waals surface area (Å²) in [5.41, 5.74) is 4.66. The second kappa shape index (κ2) is 6.77. The van der Waals surface area contributed by atoms with Crippen LogP contribution in [0, 0.1) is 5.41 Å². The fourth-order valence-corrected chi connectivity index (χ4v) is 2.04. The van der Waals surface area contributed by atoms with Crippen LogP contribution in [-0.2, 0) is 25.9 Å². The van der Waals surface area contributed by atoms with Crippen LogP contribution in [0.25, 0.3) is 0 Å². The number of carbonyl (C=O) groups excluding carboxylic acids is 2. The molecule has 15 heavy (non-hydrogen) atoms. The summed E-state index contributed by atoms with van der Waals surface area (Å²) < 4.78 is 1.41. The summed E-state index contributed by atoms with van der Waals surface area (Å²) in [5.74, 6) is 0. The number of rotatable bonds is 0. The maximum absolute atomic E-state index is 7.50. The van der Waals surface area contributed by atoms with E-state index < -0.39 is 0 Å². The van der Waals surface area contributed by atoms with Crippen molar-refractivity contribution in [2.75, 3.05) is 0 Å². The van der Waals surface area contributed by atoms with Gasteiger partial charge in [0, 0.05) is 0 Å². The van der Waals surface area contributed by atoms with Gasteiger partial charge in [0.1, 0.15) is 0 Å². The van der Waals surface area contributed by atoms with Crippen LogP contribution in [0.1, 0.15) is 34.6 Å². The molecule has 0 saturated heterocycles. The summed E-state index contributed by atoms with van der Waals surface area (Å²) in [7, 11) is 0. The van der Waals surface area contributed by atoms with Gasteiger partial charge in [-0.3, -0.25) is 9.59 Å². The minimum Gasteiger partial charge on any atom is -0.281 e. The molecule has 0 saturated carbocycles. The van der Waals surface area contributed by atoms with Crippen LogP contribution < -0.4 is 0 Å². The van der Waals surface area contributed by atoms with Crippen molar-refractivity contribution in [2.24, 2.45) is 5.41 Å². The molecule has 81 valence electrons. The molecule has 0 aromatic heterocycles. The van der Waals surface area contributed by atoms with E-state index in [1.54, 1.807) is 0 Å². The van der Waals surface area contributed by atoms with Gasteiger partial charge in [0.25, 0.3) is 13.6 Å². The van der Waals surface area contributed by atoms with E-state index >= 15 is 0 Å². The van der Waals surface area contributed by atoms with Crippen LogP contribution in [0.3, 0.4) is 0 Å². The predicted octanol–water partition coefficient (Wildman–Crippen LogP) is 2.39. The van der Waals surface area contributed by atoms with Crippen molar-refractivity contribution >= 4 is 13.6 Å². The van der Waals surface area contributed by atoms with Gasteiger partial charge in [-0.05, 0) is 0 Å². The molecule has 0 atom stereocenters. The molecule has 0 spiro atoms. The molecular weight excluding hydrogens is 228 g/mol. The molecule has 0 aromatic rings. The van der Waals surface area contributed by atoms with Gasteiger partial charge >= 0.3 is 77.5 Å². The summed E-state index contributed by atoms with van der Waals surface area (Å²) in [5, 5.41) is 0. The summed E-state index contributed by atoms with van der Waals surface area (Å²) in [6.45, 7) is 20.2. The van der Waals surface area contributed by atoms with Crippen molar-refractivity contribution in [3.8, 4) is 0 Å². The van der Waals surface area contributed by atoms with Crippen LogP contribution >= 0.6 is 0 Å². The Morgan fingerprint density at radius 3 is 1.33 bits per heavy atom. The first kappa shape index (κ1) is 16.8. The van der Waals surface area contributed by atoms with E-state index in [-0.39, 0.29) is 5.41 Å². The van der Waals surface area contributed by atoms with E-state index in [0.29, 0.717) is 0 Å². The van der Waals surface area contributed by atoms with E-state index in [9.17, 15) is 0 Å². The third-order valence-corrected chi connectivity index (χ3v) is 4.25. The summed E-state index contributed by atoms with van der Waals surface area (Å²) in [6.07, 6.45) is 0. The molecular formula is C12H15CrO2. The monoisotopic (exact) mass is 243 g/mol. The third kappa shape index (κ3) is 3.16. The second-order valence-electron chi connectivity index (χ2n) is 3.83. The summed E-state index contributed by atoms with van der Waals surface area (Å²) >= 11 is 3.18. The van der Waals surface area contributed by atoms with Crippen molar-refractivity contribution in [1.29, 1.82) is 0 Å². The SMILES string of the molecule is CC1=C(C)C(C)(C)[C]([Cr])=C1C.[C]=O.[C]=O. The van der Waals surface area contributed by atoms with E-state index in [2.05, 4.69) is 64.5 Å². The van der Waals surface area contributed by atoms with Gasteiger partial charge in [0.15, 0.2) is 0 Å². The van der Waals surface area contributed by atoms with E-state index in [1.807, 2.05) is 0 Å². The van der Waals surface area contributed by atoms with Crippen LogP contribution in [0.2, 0.25) is 0 Å². The zero-order chi connectivity index (χ0) is 12.8. The molecule has 1 aliphatic carbocycles. The fourth-order valence-electron chi connectivity index (χ4n) is 1.56. The van der Waals surface area contributed by atoms with Gasteiger partial charge in [-0.2, -0.15) is 0 Å². The van der Waals surface area contributed by atoms with Crippen LogP contribution in [0.5, 0.6) is 0 Å². The standard InChI is InChI=1S/C10H15.2CO.Cr/c1-7-6-10(4,5)9(3)8(7)2;2*1-2;/h1-5H3;;;. The van der Waals surface area contributed by atoms with Crippen molar-refractivity contribution in [3.05, 3.63) is 21.2 Å². The molecule has 0 aliphatic heterocycles. The maximum atomic E-state index is 7.50. The normalized spacial score (nSPS) is 17.7. The molecule has 0 N–H and O–H groups in total. The molecule has 0 bridgehead atoms. The number of allylic oxidation sites excluding steroid dienone is 4. The molecule has 0 unspecified atom stereocenters. The quantitative estimate of drug-likeness (QED) is 0.654. The minimum atomic E-state index is 0.258. The minimum absolute atomic E-state index is 0.258. The van der Waals surface area contributed by atoms with Crippen LogP contribution in [-0.4, -0.2) is 13.6 Å². The Hall–Kier alpha value is -0.648. The number of hydrogen-bond acceptors (Lipinski definition) is 2. The van der Waals surface area contributed by atoms with Crippen molar-refractivity contribution in [3.63, 3.8) is 0 Å². The average molecular weight is 243 g/mol. The van der Waals surface area contributed by atoms with Crippen molar-refractivity contribution < 1.29 is 25.9 Å². The Morgan fingerprint density at radius 1 is 0.933 bits per heavy atom. The Labute approximate surface area is 101 Å². The first-order chi connectivity index (χ1) is 6.89. The van der Waals surface area contributed by atoms with Crippen molar-refractivity contribution in [1.82, 2.24) is 0 Å². The first-order valence-corrected chi connectivity index (χ1v) is 5.00. The Morgan fingerprint density at radius 2 is 1.27 bits per heavy atom. The van der Waals surface area contributed by atoms with Crippen molar-refractivity contribution in [2.45, 2.75) is 34.6 Å². The van der Waals surface area contributed by atoms with E-state index in [1.165, 1.54) is 21.2 Å². The Kier molecular flexibility index (Phi) is 7.56. The molecule has 0 heterocycles.